The molecule has 2 rings (SSSR count). The monoisotopic (exact) mass is 282 g/mol. The van der Waals surface area contributed by atoms with Crippen LogP contribution >= 0.6 is 0 Å². The van der Waals surface area contributed by atoms with Crippen molar-refractivity contribution in [3.8, 4) is 0 Å². The number of carbonyl (C=O) groups is 1. The zero-order valence-electron chi connectivity index (χ0n) is 13.8. The summed E-state index contributed by atoms with van der Waals surface area (Å²) in [7, 11) is 0. The van der Waals surface area contributed by atoms with Gasteiger partial charge in [-0.3, -0.25) is 10.1 Å². The van der Waals surface area contributed by atoms with Crippen LogP contribution in [-0.2, 0) is 9.53 Å². The summed E-state index contributed by atoms with van der Waals surface area (Å²) in [5, 5.41) is 3.47. The number of carbonyl (C=O) groups excluding carboxylic acids is 1. The van der Waals surface area contributed by atoms with Gasteiger partial charge < -0.3 is 9.64 Å². The van der Waals surface area contributed by atoms with Crippen molar-refractivity contribution in [2.75, 3.05) is 6.61 Å². The molecule has 0 aromatic rings. The SMILES string of the molecule is CCOC1CC(N2C(=O)C(C(C)CC)NC2C)C1(C)C. The number of ether oxygens (including phenoxy) is 1. The fourth-order valence-electron chi connectivity index (χ4n) is 3.65. The largest absolute Gasteiger partial charge is 0.378 e. The minimum Gasteiger partial charge on any atom is -0.378 e. The summed E-state index contributed by atoms with van der Waals surface area (Å²) in [6.45, 7) is 13.6. The zero-order chi connectivity index (χ0) is 15.1. The second-order valence-corrected chi connectivity index (χ2v) is 6.97. The molecule has 5 atom stereocenters. The van der Waals surface area contributed by atoms with E-state index in [-0.39, 0.29) is 29.6 Å². The molecule has 1 amide bonds. The Bertz CT molecular complexity index is 369. The molecule has 2 fully saturated rings. The number of hydrogen-bond acceptors (Lipinski definition) is 3. The van der Waals surface area contributed by atoms with Gasteiger partial charge in [-0.1, -0.05) is 34.1 Å². The maximum Gasteiger partial charge on any atom is 0.241 e. The highest BCUT2D eigenvalue weighted by molar-refractivity contribution is 5.85. The predicted octanol–water partition coefficient (Wildman–Crippen LogP) is 2.38. The van der Waals surface area contributed by atoms with Crippen LogP contribution in [-0.4, -0.2) is 41.8 Å². The van der Waals surface area contributed by atoms with Gasteiger partial charge in [-0.15, -0.1) is 0 Å². The lowest BCUT2D eigenvalue weighted by molar-refractivity contribution is -0.167. The van der Waals surface area contributed by atoms with Crippen LogP contribution in [0.15, 0.2) is 0 Å². The van der Waals surface area contributed by atoms with Crippen molar-refractivity contribution >= 4 is 5.91 Å². The third-order valence-electron chi connectivity index (χ3n) is 5.40. The maximum atomic E-state index is 12.7. The fraction of sp³-hybridized carbons (Fsp3) is 0.938. The highest BCUT2D eigenvalue weighted by Gasteiger charge is 2.56. The van der Waals surface area contributed by atoms with Crippen LogP contribution in [0, 0.1) is 11.3 Å². The summed E-state index contributed by atoms with van der Waals surface area (Å²) < 4.78 is 5.79. The Morgan fingerprint density at radius 2 is 2.10 bits per heavy atom. The summed E-state index contributed by atoms with van der Waals surface area (Å²) >= 11 is 0. The Morgan fingerprint density at radius 3 is 2.60 bits per heavy atom. The standard InChI is InChI=1S/C16H30N2O2/c1-7-10(3)14-15(19)18(11(4)17-14)12-9-13(20-8-2)16(12,5)6/h10-14,17H,7-9H2,1-6H3. The summed E-state index contributed by atoms with van der Waals surface area (Å²) in [4.78, 5) is 14.8. The molecular formula is C16H30N2O2. The van der Waals surface area contributed by atoms with Crippen molar-refractivity contribution in [2.24, 2.45) is 11.3 Å². The first-order chi connectivity index (χ1) is 9.34. The smallest absolute Gasteiger partial charge is 0.241 e. The van der Waals surface area contributed by atoms with E-state index < -0.39 is 0 Å². The van der Waals surface area contributed by atoms with E-state index in [1.54, 1.807) is 0 Å². The molecule has 0 radical (unpaired) electrons. The fourth-order valence-corrected chi connectivity index (χ4v) is 3.65. The molecular weight excluding hydrogens is 252 g/mol. The topological polar surface area (TPSA) is 41.6 Å². The third-order valence-corrected chi connectivity index (χ3v) is 5.40. The van der Waals surface area contributed by atoms with Crippen LogP contribution in [0.4, 0.5) is 0 Å². The molecule has 5 unspecified atom stereocenters. The van der Waals surface area contributed by atoms with Crippen LogP contribution in [0.25, 0.3) is 0 Å². The average molecular weight is 282 g/mol. The van der Waals surface area contributed by atoms with E-state index in [1.165, 1.54) is 0 Å². The van der Waals surface area contributed by atoms with Crippen LogP contribution in [0.2, 0.25) is 0 Å². The van der Waals surface area contributed by atoms with Crippen molar-refractivity contribution < 1.29 is 9.53 Å². The number of nitrogens with one attached hydrogen (secondary N) is 1. The summed E-state index contributed by atoms with van der Waals surface area (Å²) in [5.74, 6) is 0.667. The molecule has 1 saturated heterocycles. The Labute approximate surface area is 123 Å². The van der Waals surface area contributed by atoms with Crippen molar-refractivity contribution in [1.82, 2.24) is 10.2 Å². The second kappa shape index (κ2) is 5.64. The van der Waals surface area contributed by atoms with Crippen LogP contribution in [0.1, 0.15) is 54.4 Å². The second-order valence-electron chi connectivity index (χ2n) is 6.97. The Morgan fingerprint density at radius 1 is 1.45 bits per heavy atom. The lowest BCUT2D eigenvalue weighted by Crippen LogP contribution is -2.64. The van der Waals surface area contributed by atoms with Gasteiger partial charge in [-0.2, -0.15) is 0 Å². The zero-order valence-corrected chi connectivity index (χ0v) is 13.8. The van der Waals surface area contributed by atoms with Crippen molar-refractivity contribution in [2.45, 2.75) is 78.7 Å². The normalized spacial score (nSPS) is 37.9. The highest BCUT2D eigenvalue weighted by atomic mass is 16.5. The Balaban J connectivity index is 2.09. The number of amides is 1. The molecule has 20 heavy (non-hydrogen) atoms. The van der Waals surface area contributed by atoms with Gasteiger partial charge in [-0.05, 0) is 26.2 Å². The minimum absolute atomic E-state index is 0.0167. The first kappa shape index (κ1) is 15.8. The molecule has 1 heterocycles. The Kier molecular flexibility index (Phi) is 4.45. The van der Waals surface area contributed by atoms with Gasteiger partial charge in [0, 0.05) is 18.1 Å². The van der Waals surface area contributed by atoms with Gasteiger partial charge in [0.2, 0.25) is 5.91 Å². The lowest BCUT2D eigenvalue weighted by Gasteiger charge is -2.55. The van der Waals surface area contributed by atoms with E-state index >= 15 is 0 Å². The first-order valence-corrected chi connectivity index (χ1v) is 8.04. The van der Waals surface area contributed by atoms with Gasteiger partial charge in [0.15, 0.2) is 0 Å². The quantitative estimate of drug-likeness (QED) is 0.842. The van der Waals surface area contributed by atoms with E-state index in [0.29, 0.717) is 12.0 Å². The highest BCUT2D eigenvalue weighted by Crippen LogP contribution is 2.47. The minimum atomic E-state index is -0.0167. The van der Waals surface area contributed by atoms with Crippen LogP contribution < -0.4 is 5.32 Å². The molecule has 116 valence electrons. The van der Waals surface area contributed by atoms with Crippen LogP contribution in [0.3, 0.4) is 0 Å². The predicted molar refractivity (Wildman–Crippen MR) is 80.3 cm³/mol. The van der Waals surface area contributed by atoms with E-state index in [2.05, 4.69) is 44.8 Å². The molecule has 4 heteroatoms. The summed E-state index contributed by atoms with van der Waals surface area (Å²) in [6, 6.07) is 0.278. The van der Waals surface area contributed by atoms with Gasteiger partial charge in [0.1, 0.15) is 0 Å². The molecule has 2 aliphatic rings. The van der Waals surface area contributed by atoms with E-state index in [4.69, 9.17) is 4.74 Å². The van der Waals surface area contributed by atoms with Gasteiger partial charge in [0.25, 0.3) is 0 Å². The number of nitrogens with zero attached hydrogens (tertiary/aromatic N) is 1. The first-order valence-electron chi connectivity index (χ1n) is 8.04. The molecule has 4 nitrogen and oxygen atoms in total. The van der Waals surface area contributed by atoms with E-state index in [0.717, 1.165) is 19.4 Å². The molecule has 1 N–H and O–H groups in total. The molecule has 1 aliphatic carbocycles. The lowest BCUT2D eigenvalue weighted by atomic mass is 9.63. The molecule has 1 aliphatic heterocycles. The third kappa shape index (κ3) is 2.37. The van der Waals surface area contributed by atoms with Gasteiger partial charge in [-0.25, -0.2) is 0 Å². The summed E-state index contributed by atoms with van der Waals surface area (Å²) in [5.41, 5.74) is 0.0476. The molecule has 1 saturated carbocycles. The molecule has 0 bridgehead atoms. The summed E-state index contributed by atoms with van der Waals surface area (Å²) in [6.07, 6.45) is 2.40. The van der Waals surface area contributed by atoms with Crippen molar-refractivity contribution in [1.29, 1.82) is 0 Å². The molecule has 0 spiro atoms. The molecule has 0 aromatic carbocycles. The number of hydrogen-bond donors (Lipinski definition) is 1. The van der Waals surface area contributed by atoms with Crippen LogP contribution in [0.5, 0.6) is 0 Å². The van der Waals surface area contributed by atoms with E-state index in [9.17, 15) is 4.79 Å². The molecule has 0 aromatic heterocycles. The van der Waals surface area contributed by atoms with E-state index in [1.807, 2.05) is 6.92 Å². The maximum absolute atomic E-state index is 12.7. The Hall–Kier alpha value is -0.610. The van der Waals surface area contributed by atoms with Crippen molar-refractivity contribution in [3.63, 3.8) is 0 Å². The van der Waals surface area contributed by atoms with Gasteiger partial charge >= 0.3 is 0 Å². The average Bonchev–Trinajstić information content (AvgIpc) is 2.69. The van der Waals surface area contributed by atoms with Crippen molar-refractivity contribution in [3.05, 3.63) is 0 Å². The van der Waals surface area contributed by atoms with Gasteiger partial charge in [0.05, 0.1) is 18.3 Å². The number of rotatable bonds is 5.